The Bertz CT molecular complexity index is 534. The molecule has 19 heavy (non-hydrogen) atoms. The molecule has 102 valence electrons. The zero-order valence-corrected chi connectivity index (χ0v) is 12.1. The summed E-state index contributed by atoms with van der Waals surface area (Å²) in [6, 6.07) is 12.7. The van der Waals surface area contributed by atoms with Crippen LogP contribution in [0.5, 0.6) is 5.75 Å². The van der Waals surface area contributed by atoms with Crippen LogP contribution in [0.15, 0.2) is 36.4 Å². The molecule has 0 amide bonds. The Labute approximate surface area is 115 Å². The summed E-state index contributed by atoms with van der Waals surface area (Å²) in [6.45, 7) is 8.21. The smallest absolute Gasteiger partial charge is 0.124 e. The van der Waals surface area contributed by atoms with Crippen molar-refractivity contribution in [3.8, 4) is 5.75 Å². The molecule has 0 saturated carbocycles. The highest BCUT2D eigenvalue weighted by Gasteiger charge is 2.09. The maximum absolute atomic E-state index is 5.94. The fourth-order valence-electron chi connectivity index (χ4n) is 2.25. The van der Waals surface area contributed by atoms with Gasteiger partial charge in [0.2, 0.25) is 0 Å². The molecule has 0 spiro atoms. The Morgan fingerprint density at radius 3 is 2.63 bits per heavy atom. The van der Waals surface area contributed by atoms with E-state index >= 15 is 0 Å². The molecule has 0 unspecified atom stereocenters. The van der Waals surface area contributed by atoms with E-state index in [0.717, 1.165) is 25.3 Å². The van der Waals surface area contributed by atoms with Crippen molar-refractivity contribution in [2.75, 3.05) is 6.54 Å². The third-order valence-electron chi connectivity index (χ3n) is 3.09. The molecule has 2 aromatic rings. The molecule has 0 atom stereocenters. The largest absolute Gasteiger partial charge is 0.491 e. The molecule has 1 N–H and O–H groups in total. The molecule has 0 bridgehead atoms. The van der Waals surface area contributed by atoms with Crippen LogP contribution in [0.3, 0.4) is 0 Å². The molecule has 0 heterocycles. The normalized spacial score (nSPS) is 11.2. The van der Waals surface area contributed by atoms with Crippen molar-refractivity contribution < 1.29 is 4.74 Å². The molecule has 2 aromatic carbocycles. The Kier molecular flexibility index (Phi) is 4.80. The monoisotopic (exact) mass is 257 g/mol. The number of fused-ring (bicyclic) bond motifs is 1. The second-order valence-corrected chi connectivity index (χ2v) is 5.11. The third kappa shape index (κ3) is 3.48. The van der Waals surface area contributed by atoms with Crippen LogP contribution < -0.4 is 10.1 Å². The van der Waals surface area contributed by atoms with Gasteiger partial charge in [-0.3, -0.25) is 0 Å². The van der Waals surface area contributed by atoms with Crippen molar-refractivity contribution in [3.05, 3.63) is 42.0 Å². The number of benzene rings is 2. The molecule has 0 aliphatic rings. The maximum atomic E-state index is 5.94. The summed E-state index contributed by atoms with van der Waals surface area (Å²) in [4.78, 5) is 0. The van der Waals surface area contributed by atoms with Gasteiger partial charge in [-0.05, 0) is 43.7 Å². The van der Waals surface area contributed by atoms with Crippen molar-refractivity contribution in [1.29, 1.82) is 0 Å². The molecule has 2 heteroatoms. The van der Waals surface area contributed by atoms with E-state index in [1.807, 2.05) is 0 Å². The van der Waals surface area contributed by atoms with Crippen molar-refractivity contribution in [2.24, 2.45) is 0 Å². The quantitative estimate of drug-likeness (QED) is 0.786. The zero-order chi connectivity index (χ0) is 13.7. The minimum Gasteiger partial charge on any atom is -0.491 e. The van der Waals surface area contributed by atoms with Gasteiger partial charge in [-0.1, -0.05) is 37.3 Å². The number of hydrogen-bond donors (Lipinski definition) is 1. The fraction of sp³-hybridized carbons (Fsp3) is 0.412. The van der Waals surface area contributed by atoms with E-state index in [9.17, 15) is 0 Å². The average molecular weight is 257 g/mol. The Morgan fingerprint density at radius 2 is 1.89 bits per heavy atom. The number of rotatable bonds is 6. The van der Waals surface area contributed by atoms with Gasteiger partial charge in [0.1, 0.15) is 5.75 Å². The SMILES string of the molecule is CCCNCc1c(OC(C)C)ccc2ccccc12. The first-order valence-electron chi connectivity index (χ1n) is 7.10. The van der Waals surface area contributed by atoms with Crippen LogP contribution in [0.2, 0.25) is 0 Å². The van der Waals surface area contributed by atoms with Crippen molar-refractivity contribution >= 4 is 10.8 Å². The molecule has 0 saturated heterocycles. The molecule has 2 rings (SSSR count). The summed E-state index contributed by atoms with van der Waals surface area (Å²) in [5.74, 6) is 0.998. The van der Waals surface area contributed by atoms with E-state index in [1.165, 1.54) is 16.3 Å². The number of hydrogen-bond acceptors (Lipinski definition) is 2. The van der Waals surface area contributed by atoms with Crippen LogP contribution >= 0.6 is 0 Å². The molecular weight excluding hydrogens is 234 g/mol. The van der Waals surface area contributed by atoms with Gasteiger partial charge in [0, 0.05) is 12.1 Å². The number of nitrogens with one attached hydrogen (secondary N) is 1. The lowest BCUT2D eigenvalue weighted by atomic mass is 10.0. The Morgan fingerprint density at radius 1 is 1.11 bits per heavy atom. The third-order valence-corrected chi connectivity index (χ3v) is 3.09. The van der Waals surface area contributed by atoms with Gasteiger partial charge in [0.05, 0.1) is 6.10 Å². The van der Waals surface area contributed by atoms with Crippen LogP contribution in [0.4, 0.5) is 0 Å². The van der Waals surface area contributed by atoms with E-state index < -0.39 is 0 Å². The number of ether oxygens (including phenoxy) is 1. The van der Waals surface area contributed by atoms with Gasteiger partial charge in [0.25, 0.3) is 0 Å². The van der Waals surface area contributed by atoms with E-state index in [4.69, 9.17) is 4.74 Å². The highest BCUT2D eigenvalue weighted by atomic mass is 16.5. The summed E-state index contributed by atoms with van der Waals surface area (Å²) in [5, 5.41) is 6.03. The van der Waals surface area contributed by atoms with E-state index in [2.05, 4.69) is 62.5 Å². The summed E-state index contributed by atoms with van der Waals surface area (Å²) in [5.41, 5.74) is 1.26. The first kappa shape index (κ1) is 13.9. The fourth-order valence-corrected chi connectivity index (χ4v) is 2.25. The lowest BCUT2D eigenvalue weighted by molar-refractivity contribution is 0.240. The van der Waals surface area contributed by atoms with Crippen LogP contribution in [-0.4, -0.2) is 12.6 Å². The van der Waals surface area contributed by atoms with E-state index in [0.29, 0.717) is 0 Å². The lowest BCUT2D eigenvalue weighted by Crippen LogP contribution is -2.16. The first-order chi connectivity index (χ1) is 9.22. The second kappa shape index (κ2) is 6.58. The van der Waals surface area contributed by atoms with Crippen molar-refractivity contribution in [1.82, 2.24) is 5.32 Å². The molecule has 0 radical (unpaired) electrons. The topological polar surface area (TPSA) is 21.3 Å². The zero-order valence-electron chi connectivity index (χ0n) is 12.1. The summed E-state index contributed by atoms with van der Waals surface area (Å²) in [6.07, 6.45) is 1.34. The second-order valence-electron chi connectivity index (χ2n) is 5.11. The molecule has 2 nitrogen and oxygen atoms in total. The Hall–Kier alpha value is -1.54. The summed E-state index contributed by atoms with van der Waals surface area (Å²) < 4.78 is 5.94. The van der Waals surface area contributed by atoms with Gasteiger partial charge in [-0.15, -0.1) is 0 Å². The van der Waals surface area contributed by atoms with Gasteiger partial charge < -0.3 is 10.1 Å². The van der Waals surface area contributed by atoms with E-state index in [-0.39, 0.29) is 6.10 Å². The summed E-state index contributed by atoms with van der Waals surface area (Å²) >= 11 is 0. The average Bonchev–Trinajstić information content (AvgIpc) is 2.40. The molecule has 0 aromatic heterocycles. The molecular formula is C17H23NO. The minimum absolute atomic E-state index is 0.200. The predicted octanol–water partition coefficient (Wildman–Crippen LogP) is 4.13. The molecule has 0 aliphatic heterocycles. The highest BCUT2D eigenvalue weighted by Crippen LogP contribution is 2.28. The first-order valence-corrected chi connectivity index (χ1v) is 7.10. The standard InChI is InChI=1S/C17H23NO/c1-4-11-18-12-16-15-8-6-5-7-14(15)9-10-17(16)19-13(2)3/h5-10,13,18H,4,11-12H2,1-3H3. The predicted molar refractivity (Wildman–Crippen MR) is 81.7 cm³/mol. The molecule has 0 aliphatic carbocycles. The van der Waals surface area contributed by atoms with E-state index in [1.54, 1.807) is 0 Å². The maximum Gasteiger partial charge on any atom is 0.124 e. The van der Waals surface area contributed by atoms with Crippen LogP contribution in [0.1, 0.15) is 32.8 Å². The van der Waals surface area contributed by atoms with Crippen molar-refractivity contribution in [3.63, 3.8) is 0 Å². The minimum atomic E-state index is 0.200. The lowest BCUT2D eigenvalue weighted by Gasteiger charge is -2.17. The summed E-state index contributed by atoms with van der Waals surface area (Å²) in [7, 11) is 0. The van der Waals surface area contributed by atoms with Gasteiger partial charge in [-0.2, -0.15) is 0 Å². The van der Waals surface area contributed by atoms with Crippen LogP contribution in [-0.2, 0) is 6.54 Å². The van der Waals surface area contributed by atoms with Crippen LogP contribution in [0, 0.1) is 0 Å². The van der Waals surface area contributed by atoms with Crippen LogP contribution in [0.25, 0.3) is 10.8 Å². The van der Waals surface area contributed by atoms with Gasteiger partial charge >= 0.3 is 0 Å². The Balaban J connectivity index is 2.39. The van der Waals surface area contributed by atoms with Gasteiger partial charge in [-0.25, -0.2) is 0 Å². The van der Waals surface area contributed by atoms with Crippen molar-refractivity contribution in [2.45, 2.75) is 39.8 Å². The van der Waals surface area contributed by atoms with Gasteiger partial charge in [0.15, 0.2) is 0 Å². The highest BCUT2D eigenvalue weighted by molar-refractivity contribution is 5.87. The molecule has 0 fully saturated rings.